The lowest BCUT2D eigenvalue weighted by Crippen LogP contribution is -2.55. The summed E-state index contributed by atoms with van der Waals surface area (Å²) in [5.74, 6) is 0.888. The molecule has 3 heterocycles. The molecule has 2 unspecified atom stereocenters. The number of likely N-dealkylation sites (tertiary alicyclic amines) is 1. The maximum atomic E-state index is 12.7. The van der Waals surface area contributed by atoms with Crippen molar-refractivity contribution in [1.82, 2.24) is 35.3 Å². The molecule has 2 atom stereocenters. The quantitative estimate of drug-likeness (QED) is 0.782. The lowest BCUT2D eigenvalue weighted by molar-refractivity contribution is -0.133. The van der Waals surface area contributed by atoms with Crippen molar-refractivity contribution in [3.8, 4) is 0 Å². The van der Waals surface area contributed by atoms with Gasteiger partial charge in [-0.3, -0.25) is 14.6 Å². The first-order chi connectivity index (χ1) is 12.0. The van der Waals surface area contributed by atoms with Crippen molar-refractivity contribution in [1.29, 1.82) is 0 Å². The fourth-order valence-electron chi connectivity index (χ4n) is 4.07. The first kappa shape index (κ1) is 16.4. The number of imide groups is 1. The van der Waals surface area contributed by atoms with Crippen molar-refractivity contribution in [2.24, 2.45) is 5.92 Å². The van der Waals surface area contributed by atoms with Crippen LogP contribution in [0.1, 0.15) is 51.4 Å². The minimum absolute atomic E-state index is 0.0968. The minimum Gasteiger partial charge on any atom is -0.323 e. The number of hydrogen-bond acceptors (Lipinski definition) is 6. The van der Waals surface area contributed by atoms with Gasteiger partial charge in [-0.05, 0) is 56.5 Å². The van der Waals surface area contributed by atoms with Gasteiger partial charge in [0.15, 0.2) is 5.82 Å². The Labute approximate surface area is 146 Å². The van der Waals surface area contributed by atoms with Gasteiger partial charge in [-0.25, -0.2) is 9.48 Å². The minimum atomic E-state index is -0.811. The smallest absolute Gasteiger partial charge is 0.323 e. The summed E-state index contributed by atoms with van der Waals surface area (Å²) in [7, 11) is 0. The van der Waals surface area contributed by atoms with Crippen LogP contribution in [-0.4, -0.2) is 67.1 Å². The third-order valence-corrected chi connectivity index (χ3v) is 5.76. The predicted octanol–water partition coefficient (Wildman–Crippen LogP) is 0.550. The average molecular weight is 347 g/mol. The van der Waals surface area contributed by atoms with Crippen molar-refractivity contribution in [3.05, 3.63) is 5.82 Å². The SMILES string of the molecule is CCN1C(=O)NC(C)(C2CCCN(Cc3nnnn3C3CC3)C2)C1=O. The Balaban J connectivity index is 1.46. The van der Waals surface area contributed by atoms with Crippen molar-refractivity contribution < 1.29 is 9.59 Å². The van der Waals surface area contributed by atoms with E-state index in [1.54, 1.807) is 0 Å². The number of hydrogen-bond donors (Lipinski definition) is 1. The molecule has 0 aromatic carbocycles. The molecule has 1 aliphatic carbocycles. The Bertz CT molecular complexity index is 686. The van der Waals surface area contributed by atoms with Crippen LogP contribution >= 0.6 is 0 Å². The zero-order valence-electron chi connectivity index (χ0n) is 14.8. The van der Waals surface area contributed by atoms with Crippen LogP contribution in [0.3, 0.4) is 0 Å². The van der Waals surface area contributed by atoms with Crippen LogP contribution in [0.4, 0.5) is 4.79 Å². The van der Waals surface area contributed by atoms with E-state index in [1.165, 1.54) is 4.90 Å². The number of tetrazole rings is 1. The molecule has 3 amide bonds. The fraction of sp³-hybridized carbons (Fsp3) is 0.812. The van der Waals surface area contributed by atoms with E-state index < -0.39 is 5.54 Å². The molecule has 1 aromatic rings. The number of carbonyl (C=O) groups is 2. The van der Waals surface area contributed by atoms with Crippen molar-refractivity contribution >= 4 is 11.9 Å². The number of carbonyl (C=O) groups excluding carboxylic acids is 2. The maximum Gasteiger partial charge on any atom is 0.325 e. The molecule has 25 heavy (non-hydrogen) atoms. The molecular weight excluding hydrogens is 322 g/mol. The third kappa shape index (κ3) is 2.80. The monoisotopic (exact) mass is 347 g/mol. The first-order valence-electron chi connectivity index (χ1n) is 9.16. The molecule has 3 aliphatic rings. The number of aromatic nitrogens is 4. The summed E-state index contributed by atoms with van der Waals surface area (Å²) in [6.45, 7) is 6.52. The topological polar surface area (TPSA) is 96.2 Å². The van der Waals surface area contributed by atoms with Crippen LogP contribution in [0.15, 0.2) is 0 Å². The van der Waals surface area contributed by atoms with Gasteiger partial charge in [-0.1, -0.05) is 0 Å². The Morgan fingerprint density at radius 3 is 2.76 bits per heavy atom. The second-order valence-electron chi connectivity index (χ2n) is 7.53. The third-order valence-electron chi connectivity index (χ3n) is 5.76. The molecule has 1 N–H and O–H groups in total. The van der Waals surface area contributed by atoms with Crippen LogP contribution < -0.4 is 5.32 Å². The predicted molar refractivity (Wildman–Crippen MR) is 88.4 cm³/mol. The van der Waals surface area contributed by atoms with Crippen LogP contribution in [0, 0.1) is 5.92 Å². The molecule has 4 rings (SSSR count). The molecule has 9 nitrogen and oxygen atoms in total. The van der Waals surface area contributed by atoms with Gasteiger partial charge in [0.2, 0.25) is 0 Å². The van der Waals surface area contributed by atoms with E-state index in [0.717, 1.165) is 44.6 Å². The number of nitrogens with zero attached hydrogens (tertiary/aromatic N) is 6. The van der Waals surface area contributed by atoms with E-state index in [-0.39, 0.29) is 17.9 Å². The largest absolute Gasteiger partial charge is 0.325 e. The van der Waals surface area contributed by atoms with E-state index in [2.05, 4.69) is 25.7 Å². The molecule has 136 valence electrons. The van der Waals surface area contributed by atoms with Gasteiger partial charge < -0.3 is 5.32 Å². The van der Waals surface area contributed by atoms with Crippen LogP contribution in [0.2, 0.25) is 0 Å². The summed E-state index contributed by atoms with van der Waals surface area (Å²) in [6, 6.07) is 0.182. The second kappa shape index (κ2) is 6.05. The zero-order chi connectivity index (χ0) is 17.6. The van der Waals surface area contributed by atoms with Gasteiger partial charge >= 0.3 is 6.03 Å². The number of amides is 3. The summed E-state index contributed by atoms with van der Waals surface area (Å²) in [5.41, 5.74) is -0.811. The summed E-state index contributed by atoms with van der Waals surface area (Å²) in [6.07, 6.45) is 4.23. The highest BCUT2D eigenvalue weighted by molar-refractivity contribution is 6.07. The fourth-order valence-corrected chi connectivity index (χ4v) is 4.07. The van der Waals surface area contributed by atoms with E-state index in [1.807, 2.05) is 18.5 Å². The molecule has 1 aromatic heterocycles. The molecule has 2 saturated heterocycles. The summed E-state index contributed by atoms with van der Waals surface area (Å²) in [4.78, 5) is 28.4. The molecule has 3 fully saturated rings. The highest BCUT2D eigenvalue weighted by atomic mass is 16.2. The van der Waals surface area contributed by atoms with Gasteiger partial charge in [0.25, 0.3) is 5.91 Å². The Morgan fingerprint density at radius 1 is 1.28 bits per heavy atom. The number of nitrogens with one attached hydrogen (secondary N) is 1. The highest BCUT2D eigenvalue weighted by Crippen LogP contribution is 2.35. The molecule has 0 bridgehead atoms. The van der Waals surface area contributed by atoms with Crippen LogP contribution in [-0.2, 0) is 11.3 Å². The maximum absolute atomic E-state index is 12.7. The number of likely N-dealkylation sites (N-methyl/N-ethyl adjacent to an activating group) is 1. The normalized spacial score (nSPS) is 30.8. The van der Waals surface area contributed by atoms with Gasteiger partial charge in [0.1, 0.15) is 5.54 Å². The van der Waals surface area contributed by atoms with E-state index in [4.69, 9.17) is 0 Å². The zero-order valence-corrected chi connectivity index (χ0v) is 14.8. The van der Waals surface area contributed by atoms with E-state index in [9.17, 15) is 9.59 Å². The number of piperidine rings is 1. The van der Waals surface area contributed by atoms with Gasteiger partial charge in [0, 0.05) is 19.0 Å². The number of urea groups is 1. The summed E-state index contributed by atoms with van der Waals surface area (Å²) < 4.78 is 1.94. The summed E-state index contributed by atoms with van der Waals surface area (Å²) >= 11 is 0. The van der Waals surface area contributed by atoms with E-state index in [0.29, 0.717) is 19.1 Å². The lowest BCUT2D eigenvalue weighted by atomic mass is 9.80. The molecule has 0 spiro atoms. The van der Waals surface area contributed by atoms with E-state index >= 15 is 0 Å². The van der Waals surface area contributed by atoms with Gasteiger partial charge in [-0.15, -0.1) is 5.10 Å². The second-order valence-corrected chi connectivity index (χ2v) is 7.53. The molecule has 0 radical (unpaired) electrons. The van der Waals surface area contributed by atoms with Crippen LogP contribution in [0.5, 0.6) is 0 Å². The van der Waals surface area contributed by atoms with Crippen molar-refractivity contribution in [2.75, 3.05) is 19.6 Å². The Kier molecular flexibility index (Phi) is 3.98. The highest BCUT2D eigenvalue weighted by Gasteiger charge is 2.52. The Morgan fingerprint density at radius 2 is 2.08 bits per heavy atom. The van der Waals surface area contributed by atoms with Crippen molar-refractivity contribution in [3.63, 3.8) is 0 Å². The van der Waals surface area contributed by atoms with Gasteiger partial charge in [-0.2, -0.15) is 0 Å². The first-order valence-corrected chi connectivity index (χ1v) is 9.16. The molecule has 9 heteroatoms. The van der Waals surface area contributed by atoms with Crippen LogP contribution in [0.25, 0.3) is 0 Å². The lowest BCUT2D eigenvalue weighted by Gasteiger charge is -2.39. The Hall–Kier alpha value is -2.03. The molecule has 2 aliphatic heterocycles. The molecule has 1 saturated carbocycles. The summed E-state index contributed by atoms with van der Waals surface area (Å²) in [5, 5.41) is 15.0. The number of rotatable bonds is 5. The standard InChI is InChI=1S/C16H25N7O2/c1-3-22-14(24)16(2,17-15(22)25)11-5-4-8-21(9-11)10-13-18-19-20-23(13)12-6-7-12/h11-12H,3-10H2,1-2H3,(H,17,25). The van der Waals surface area contributed by atoms with Gasteiger partial charge in [0.05, 0.1) is 12.6 Å². The van der Waals surface area contributed by atoms with Crippen molar-refractivity contribution in [2.45, 2.75) is 57.7 Å². The average Bonchev–Trinajstić information content (AvgIpc) is 3.29. The molecular formula is C16H25N7O2.